The van der Waals surface area contributed by atoms with Crippen LogP contribution in [0.25, 0.3) is 84.2 Å². The molecule has 0 radical (unpaired) electrons. The van der Waals surface area contributed by atoms with Crippen molar-refractivity contribution < 1.29 is 0 Å². The lowest BCUT2D eigenvalue weighted by molar-refractivity contribution is 1.08. The summed E-state index contributed by atoms with van der Waals surface area (Å²) in [6, 6.07) is 53.8. The molecule has 3 aromatic heterocycles. The minimum Gasteiger partial charge on any atom is -0.292 e. The highest BCUT2D eigenvalue weighted by Crippen LogP contribution is 2.37. The monoisotopic (exact) mass is 628 g/mol. The van der Waals surface area contributed by atoms with Crippen molar-refractivity contribution in [1.29, 1.82) is 0 Å². The Morgan fingerprint density at radius 1 is 0.408 bits per heavy atom. The summed E-state index contributed by atoms with van der Waals surface area (Å²) in [5.41, 5.74) is 9.01. The van der Waals surface area contributed by atoms with Crippen LogP contribution in [-0.2, 0) is 0 Å². The first-order valence-corrected chi connectivity index (χ1v) is 16.2. The van der Waals surface area contributed by atoms with Crippen molar-refractivity contribution in [2.75, 3.05) is 0 Å². The van der Waals surface area contributed by atoms with Crippen molar-refractivity contribution in [2.24, 2.45) is 0 Å². The van der Waals surface area contributed by atoms with Crippen LogP contribution < -0.4 is 0 Å². The van der Waals surface area contributed by atoms with E-state index >= 15 is 0 Å². The number of aromatic nitrogens is 6. The fourth-order valence-corrected chi connectivity index (χ4v) is 6.46. The van der Waals surface area contributed by atoms with Crippen LogP contribution in [0, 0.1) is 0 Å². The predicted molar refractivity (Wildman–Crippen MR) is 197 cm³/mol. The van der Waals surface area contributed by atoms with Crippen molar-refractivity contribution in [2.45, 2.75) is 0 Å². The molecule has 0 saturated carbocycles. The molecule has 0 aliphatic heterocycles. The standard InChI is InChI=1S/C43H28N6/c1-3-13-29(14-4-1)40-46-41(30-15-5-2-6-16-30)48-42(47-40)37-25-24-34(35-20-7-8-21-36(35)37)31-17-11-19-33(27-31)49-39-23-10-9-22-38(39)45-43(49)32-18-12-26-44-28-32/h1-28H. The van der Waals surface area contributed by atoms with Crippen molar-refractivity contribution >= 4 is 21.8 Å². The Kier molecular flexibility index (Phi) is 7.02. The Bertz CT molecular complexity index is 2540. The van der Waals surface area contributed by atoms with Crippen LogP contribution >= 0.6 is 0 Å². The highest BCUT2D eigenvalue weighted by atomic mass is 15.1. The minimum atomic E-state index is 0.634. The second-order valence-corrected chi connectivity index (χ2v) is 11.8. The lowest BCUT2D eigenvalue weighted by Crippen LogP contribution is -2.01. The van der Waals surface area contributed by atoms with Gasteiger partial charge in [-0.05, 0) is 64.4 Å². The van der Waals surface area contributed by atoms with Crippen molar-refractivity contribution in [3.8, 4) is 62.4 Å². The molecule has 9 rings (SSSR count). The quantitative estimate of drug-likeness (QED) is 0.183. The van der Waals surface area contributed by atoms with Crippen molar-refractivity contribution in [3.63, 3.8) is 0 Å². The third-order valence-electron chi connectivity index (χ3n) is 8.76. The van der Waals surface area contributed by atoms with Crippen LogP contribution in [0.15, 0.2) is 170 Å². The third-order valence-corrected chi connectivity index (χ3v) is 8.76. The Balaban J connectivity index is 1.21. The zero-order valence-electron chi connectivity index (χ0n) is 26.3. The summed E-state index contributed by atoms with van der Waals surface area (Å²) < 4.78 is 2.22. The Morgan fingerprint density at radius 3 is 1.71 bits per heavy atom. The topological polar surface area (TPSA) is 69.4 Å². The molecule has 0 unspecified atom stereocenters. The van der Waals surface area contributed by atoms with Gasteiger partial charge in [-0.3, -0.25) is 9.55 Å². The lowest BCUT2D eigenvalue weighted by Gasteiger charge is -2.15. The van der Waals surface area contributed by atoms with Gasteiger partial charge in [-0.25, -0.2) is 19.9 Å². The van der Waals surface area contributed by atoms with Gasteiger partial charge in [0.1, 0.15) is 5.82 Å². The average molecular weight is 629 g/mol. The lowest BCUT2D eigenvalue weighted by atomic mass is 9.94. The highest BCUT2D eigenvalue weighted by molar-refractivity contribution is 6.04. The molecule has 0 N–H and O–H groups in total. The molecule has 0 atom stereocenters. The summed E-state index contributed by atoms with van der Waals surface area (Å²) in [4.78, 5) is 24.3. The van der Waals surface area contributed by atoms with E-state index in [0.717, 1.165) is 66.7 Å². The van der Waals surface area contributed by atoms with Gasteiger partial charge in [-0.2, -0.15) is 0 Å². The van der Waals surface area contributed by atoms with E-state index in [0.29, 0.717) is 17.5 Å². The molecule has 0 bridgehead atoms. The molecule has 6 nitrogen and oxygen atoms in total. The molecule has 0 saturated heterocycles. The minimum absolute atomic E-state index is 0.634. The number of hydrogen-bond donors (Lipinski definition) is 0. The second kappa shape index (κ2) is 12.1. The maximum atomic E-state index is 5.03. The predicted octanol–water partition coefficient (Wildman–Crippen LogP) is 10.1. The van der Waals surface area contributed by atoms with Crippen LogP contribution in [0.4, 0.5) is 0 Å². The summed E-state index contributed by atoms with van der Waals surface area (Å²) in [7, 11) is 0. The van der Waals surface area contributed by atoms with Crippen LogP contribution in [0.2, 0.25) is 0 Å². The van der Waals surface area contributed by atoms with Gasteiger partial charge in [0.05, 0.1) is 11.0 Å². The number of para-hydroxylation sites is 2. The van der Waals surface area contributed by atoms with Gasteiger partial charge in [0, 0.05) is 40.3 Å². The summed E-state index contributed by atoms with van der Waals surface area (Å²) in [5, 5.41) is 2.18. The molecule has 9 aromatic rings. The molecule has 6 heteroatoms. The number of nitrogens with zero attached hydrogens (tertiary/aromatic N) is 6. The van der Waals surface area contributed by atoms with Crippen LogP contribution in [0.5, 0.6) is 0 Å². The van der Waals surface area contributed by atoms with Gasteiger partial charge in [-0.1, -0.05) is 115 Å². The number of pyridine rings is 1. The number of rotatable bonds is 6. The fourth-order valence-electron chi connectivity index (χ4n) is 6.46. The van der Waals surface area contributed by atoms with E-state index < -0.39 is 0 Å². The fraction of sp³-hybridized carbons (Fsp3) is 0. The number of benzene rings is 6. The normalized spacial score (nSPS) is 11.3. The Morgan fingerprint density at radius 2 is 1.00 bits per heavy atom. The smallest absolute Gasteiger partial charge is 0.164 e. The molecule has 0 aliphatic rings. The van der Waals surface area contributed by atoms with E-state index in [4.69, 9.17) is 19.9 Å². The molecular weight excluding hydrogens is 601 g/mol. The maximum Gasteiger partial charge on any atom is 0.164 e. The van der Waals surface area contributed by atoms with Crippen LogP contribution in [0.3, 0.4) is 0 Å². The molecular formula is C43H28N6. The van der Waals surface area contributed by atoms with E-state index in [2.05, 4.69) is 88.4 Å². The number of hydrogen-bond acceptors (Lipinski definition) is 5. The SMILES string of the molecule is c1ccc(-c2nc(-c3ccccc3)nc(-c3ccc(-c4cccc(-n5c(-c6cccnc6)nc6ccccc65)c4)c4ccccc34)n2)cc1. The van der Waals surface area contributed by atoms with Crippen LogP contribution in [-0.4, -0.2) is 29.5 Å². The molecule has 49 heavy (non-hydrogen) atoms. The molecule has 6 aromatic carbocycles. The maximum absolute atomic E-state index is 5.03. The Hall–Kier alpha value is -6.79. The second-order valence-electron chi connectivity index (χ2n) is 11.8. The first kappa shape index (κ1) is 28.4. The summed E-state index contributed by atoms with van der Waals surface area (Å²) in [6.45, 7) is 0. The van der Waals surface area contributed by atoms with Crippen molar-refractivity contribution in [3.05, 3.63) is 170 Å². The third kappa shape index (κ3) is 5.22. The van der Waals surface area contributed by atoms with Gasteiger partial charge in [-0.15, -0.1) is 0 Å². The van der Waals surface area contributed by atoms with Crippen LogP contribution in [0.1, 0.15) is 0 Å². The summed E-state index contributed by atoms with van der Waals surface area (Å²) >= 11 is 0. The van der Waals surface area contributed by atoms with Gasteiger partial charge in [0.25, 0.3) is 0 Å². The summed E-state index contributed by atoms with van der Waals surface area (Å²) in [5.74, 6) is 2.77. The van der Waals surface area contributed by atoms with Crippen molar-refractivity contribution in [1.82, 2.24) is 29.5 Å². The summed E-state index contributed by atoms with van der Waals surface area (Å²) in [6.07, 6.45) is 3.65. The van der Waals surface area contributed by atoms with E-state index in [1.54, 1.807) is 6.20 Å². The molecule has 230 valence electrons. The largest absolute Gasteiger partial charge is 0.292 e. The molecule has 3 heterocycles. The first-order valence-electron chi connectivity index (χ1n) is 16.2. The molecule has 0 amide bonds. The molecule has 0 fully saturated rings. The van der Waals surface area contributed by atoms with E-state index in [1.807, 2.05) is 85.1 Å². The van der Waals surface area contributed by atoms with E-state index in [9.17, 15) is 0 Å². The average Bonchev–Trinajstić information content (AvgIpc) is 3.58. The highest BCUT2D eigenvalue weighted by Gasteiger charge is 2.18. The van der Waals surface area contributed by atoms with Gasteiger partial charge >= 0.3 is 0 Å². The van der Waals surface area contributed by atoms with Gasteiger partial charge in [0.15, 0.2) is 17.5 Å². The van der Waals surface area contributed by atoms with Gasteiger partial charge in [0.2, 0.25) is 0 Å². The molecule has 0 aliphatic carbocycles. The van der Waals surface area contributed by atoms with Gasteiger partial charge < -0.3 is 0 Å². The zero-order chi connectivity index (χ0) is 32.6. The van der Waals surface area contributed by atoms with E-state index in [1.165, 1.54) is 0 Å². The zero-order valence-corrected chi connectivity index (χ0v) is 26.3. The molecule has 0 spiro atoms. The Labute approximate surface area is 283 Å². The first-order chi connectivity index (χ1) is 24.3. The number of fused-ring (bicyclic) bond motifs is 2. The number of imidazole rings is 1. The van der Waals surface area contributed by atoms with E-state index in [-0.39, 0.29) is 0 Å².